The molecule has 0 aromatic heterocycles. The number of hydrogen-bond acceptors (Lipinski definition) is 1. The van der Waals surface area contributed by atoms with Crippen molar-refractivity contribution >= 4 is 17.5 Å². The standard InChI is InChI=1S/C12H20ClNO/c1-9-8-11(9)12(15)14(7-6-13)10-4-2-3-5-10/h9-11H,2-8H2,1H3. The number of alkyl halides is 1. The molecule has 2 saturated carbocycles. The molecule has 1 amide bonds. The Morgan fingerprint density at radius 3 is 2.47 bits per heavy atom. The van der Waals surface area contributed by atoms with Gasteiger partial charge in [0.05, 0.1) is 0 Å². The monoisotopic (exact) mass is 229 g/mol. The van der Waals surface area contributed by atoms with Crippen LogP contribution in [-0.4, -0.2) is 29.3 Å². The second-order valence-electron chi connectivity index (χ2n) is 4.98. The summed E-state index contributed by atoms with van der Waals surface area (Å²) in [4.78, 5) is 14.2. The highest BCUT2D eigenvalue weighted by Crippen LogP contribution is 2.40. The Labute approximate surface area is 97.0 Å². The molecule has 2 aliphatic carbocycles. The van der Waals surface area contributed by atoms with Crippen molar-refractivity contribution in [3.8, 4) is 0 Å². The first kappa shape index (κ1) is 11.3. The van der Waals surface area contributed by atoms with Gasteiger partial charge in [-0.3, -0.25) is 4.79 Å². The maximum atomic E-state index is 12.2. The average Bonchev–Trinajstić information content (AvgIpc) is 2.76. The van der Waals surface area contributed by atoms with E-state index in [4.69, 9.17) is 11.6 Å². The lowest BCUT2D eigenvalue weighted by atomic mass is 10.2. The van der Waals surface area contributed by atoms with E-state index >= 15 is 0 Å². The van der Waals surface area contributed by atoms with Gasteiger partial charge in [0, 0.05) is 24.4 Å². The van der Waals surface area contributed by atoms with Crippen molar-refractivity contribution in [2.24, 2.45) is 11.8 Å². The maximum Gasteiger partial charge on any atom is 0.226 e. The normalized spacial score (nSPS) is 30.5. The molecule has 3 heteroatoms. The van der Waals surface area contributed by atoms with Gasteiger partial charge in [0.2, 0.25) is 5.91 Å². The molecule has 2 atom stereocenters. The van der Waals surface area contributed by atoms with Crippen LogP contribution in [0.1, 0.15) is 39.0 Å². The van der Waals surface area contributed by atoms with Gasteiger partial charge in [-0.1, -0.05) is 19.8 Å². The van der Waals surface area contributed by atoms with Crippen molar-refractivity contribution < 1.29 is 4.79 Å². The minimum Gasteiger partial charge on any atom is -0.338 e. The van der Waals surface area contributed by atoms with Gasteiger partial charge in [0.25, 0.3) is 0 Å². The first-order valence-electron chi connectivity index (χ1n) is 6.10. The largest absolute Gasteiger partial charge is 0.338 e. The van der Waals surface area contributed by atoms with Gasteiger partial charge in [0.15, 0.2) is 0 Å². The second-order valence-corrected chi connectivity index (χ2v) is 5.36. The van der Waals surface area contributed by atoms with Crippen molar-refractivity contribution in [2.45, 2.75) is 45.1 Å². The topological polar surface area (TPSA) is 20.3 Å². The third-order valence-corrected chi connectivity index (χ3v) is 3.97. The third-order valence-electron chi connectivity index (χ3n) is 3.80. The summed E-state index contributed by atoms with van der Waals surface area (Å²) in [6.45, 7) is 2.91. The smallest absolute Gasteiger partial charge is 0.226 e. The van der Waals surface area contributed by atoms with Gasteiger partial charge in [0.1, 0.15) is 0 Å². The molecule has 2 fully saturated rings. The molecule has 0 saturated heterocycles. The molecular formula is C12H20ClNO. The molecule has 2 rings (SSSR count). The Hall–Kier alpha value is -0.240. The Morgan fingerprint density at radius 2 is 2.00 bits per heavy atom. The third kappa shape index (κ3) is 2.47. The molecule has 0 aromatic rings. The van der Waals surface area contributed by atoms with Crippen LogP contribution in [-0.2, 0) is 4.79 Å². The van der Waals surface area contributed by atoms with Gasteiger partial charge in [-0.15, -0.1) is 11.6 Å². The number of carbonyl (C=O) groups is 1. The van der Waals surface area contributed by atoms with Gasteiger partial charge >= 0.3 is 0 Å². The first-order chi connectivity index (χ1) is 7.24. The fraction of sp³-hybridized carbons (Fsp3) is 0.917. The van der Waals surface area contributed by atoms with Crippen LogP contribution >= 0.6 is 11.6 Å². The molecule has 86 valence electrons. The molecule has 0 aliphatic heterocycles. The summed E-state index contributed by atoms with van der Waals surface area (Å²) in [7, 11) is 0. The van der Waals surface area contributed by atoms with Gasteiger partial charge in [-0.25, -0.2) is 0 Å². The average molecular weight is 230 g/mol. The van der Waals surface area contributed by atoms with Crippen molar-refractivity contribution in [3.05, 3.63) is 0 Å². The highest BCUT2D eigenvalue weighted by atomic mass is 35.5. The van der Waals surface area contributed by atoms with Crippen LogP contribution in [0.3, 0.4) is 0 Å². The van der Waals surface area contributed by atoms with Crippen molar-refractivity contribution in [3.63, 3.8) is 0 Å². The van der Waals surface area contributed by atoms with E-state index in [-0.39, 0.29) is 0 Å². The van der Waals surface area contributed by atoms with E-state index in [2.05, 4.69) is 11.8 Å². The zero-order valence-electron chi connectivity index (χ0n) is 9.42. The molecule has 15 heavy (non-hydrogen) atoms. The van der Waals surface area contributed by atoms with Crippen LogP contribution in [0.25, 0.3) is 0 Å². The van der Waals surface area contributed by atoms with E-state index in [1.807, 2.05) is 0 Å². The van der Waals surface area contributed by atoms with E-state index in [1.165, 1.54) is 25.7 Å². The zero-order chi connectivity index (χ0) is 10.8. The van der Waals surface area contributed by atoms with Gasteiger partial charge in [-0.05, 0) is 25.2 Å². The SMILES string of the molecule is CC1CC1C(=O)N(CCCl)C1CCCC1. The molecule has 0 aromatic carbocycles. The summed E-state index contributed by atoms with van der Waals surface area (Å²) in [5, 5.41) is 0. The Bertz CT molecular complexity index is 238. The summed E-state index contributed by atoms with van der Waals surface area (Å²) in [5.74, 6) is 1.86. The molecule has 0 radical (unpaired) electrons. The number of nitrogens with zero attached hydrogens (tertiary/aromatic N) is 1. The lowest BCUT2D eigenvalue weighted by Crippen LogP contribution is -2.41. The van der Waals surface area contributed by atoms with E-state index < -0.39 is 0 Å². The highest BCUT2D eigenvalue weighted by molar-refractivity contribution is 6.18. The molecule has 0 heterocycles. The zero-order valence-corrected chi connectivity index (χ0v) is 10.2. The van der Waals surface area contributed by atoms with E-state index in [0.29, 0.717) is 29.7 Å². The lowest BCUT2D eigenvalue weighted by molar-refractivity contribution is -0.134. The minimum absolute atomic E-state index is 0.314. The minimum atomic E-state index is 0.314. The number of hydrogen-bond donors (Lipinski definition) is 0. The quantitative estimate of drug-likeness (QED) is 0.679. The number of rotatable bonds is 4. The molecule has 0 bridgehead atoms. The molecular weight excluding hydrogens is 210 g/mol. The maximum absolute atomic E-state index is 12.2. The fourth-order valence-electron chi connectivity index (χ4n) is 2.66. The summed E-state index contributed by atoms with van der Waals surface area (Å²) in [6.07, 6.45) is 6.01. The molecule has 2 unspecified atom stereocenters. The van der Waals surface area contributed by atoms with E-state index in [0.717, 1.165) is 13.0 Å². The van der Waals surface area contributed by atoms with E-state index in [1.54, 1.807) is 0 Å². The fourth-order valence-corrected chi connectivity index (χ4v) is 2.84. The summed E-state index contributed by atoms with van der Waals surface area (Å²) < 4.78 is 0. The van der Waals surface area contributed by atoms with Crippen LogP contribution < -0.4 is 0 Å². The van der Waals surface area contributed by atoms with Gasteiger partial charge in [-0.2, -0.15) is 0 Å². The summed E-state index contributed by atoms with van der Waals surface area (Å²) >= 11 is 5.79. The van der Waals surface area contributed by atoms with Crippen LogP contribution in [0.15, 0.2) is 0 Å². The van der Waals surface area contributed by atoms with Crippen LogP contribution in [0.5, 0.6) is 0 Å². The van der Waals surface area contributed by atoms with Crippen LogP contribution in [0, 0.1) is 11.8 Å². The molecule has 2 aliphatic rings. The van der Waals surface area contributed by atoms with Crippen molar-refractivity contribution in [2.75, 3.05) is 12.4 Å². The van der Waals surface area contributed by atoms with Crippen molar-refractivity contribution in [1.29, 1.82) is 0 Å². The number of carbonyl (C=O) groups excluding carboxylic acids is 1. The highest BCUT2D eigenvalue weighted by Gasteiger charge is 2.43. The van der Waals surface area contributed by atoms with Crippen LogP contribution in [0.2, 0.25) is 0 Å². The van der Waals surface area contributed by atoms with Gasteiger partial charge < -0.3 is 4.90 Å². The van der Waals surface area contributed by atoms with E-state index in [9.17, 15) is 4.79 Å². The molecule has 0 spiro atoms. The molecule has 2 nitrogen and oxygen atoms in total. The van der Waals surface area contributed by atoms with Crippen molar-refractivity contribution in [1.82, 2.24) is 4.90 Å². The predicted molar refractivity (Wildman–Crippen MR) is 62.0 cm³/mol. The Kier molecular flexibility index (Phi) is 3.55. The number of amides is 1. The summed E-state index contributed by atoms with van der Waals surface area (Å²) in [5.41, 5.74) is 0. The Morgan fingerprint density at radius 1 is 1.40 bits per heavy atom. The lowest BCUT2D eigenvalue weighted by Gasteiger charge is -2.28. The predicted octanol–water partition coefficient (Wildman–Crippen LogP) is 2.65. The Balaban J connectivity index is 1.95. The molecule has 0 N–H and O–H groups in total. The summed E-state index contributed by atoms with van der Waals surface area (Å²) in [6, 6.07) is 0.490. The number of halogens is 1. The van der Waals surface area contributed by atoms with Crippen LogP contribution in [0.4, 0.5) is 0 Å². The first-order valence-corrected chi connectivity index (χ1v) is 6.64. The second kappa shape index (κ2) is 4.73.